The number of benzene rings is 2. The summed E-state index contributed by atoms with van der Waals surface area (Å²) in [5, 5.41) is 4.77. The summed E-state index contributed by atoms with van der Waals surface area (Å²) in [5.74, 6) is 1.14. The molecule has 1 spiro atoms. The predicted molar refractivity (Wildman–Crippen MR) is 189 cm³/mol. The standard InChI is InChI=1S/C35H40ClN5O5S2/c1-40-19-26(18-37-40)34(43)39-48(44)15-5-3-4-6-31(45-2)28-10-7-25(28)20-41-21-35(29-11-9-27(36)16-23(29)13-14-47-35)22-46-32-12-8-24(17-30(32)41)33(42)38-48/h4,6,8-9,11-12,16-19,25,28,31H,3,5,7,10,13-15,20-22H2,1-2H3,(H,38,39,42,43,44)/b6-4+/t25-,28+,31-,35+,48-/m0/s1. The number of anilines is 1. The minimum atomic E-state index is -3.47. The summed E-state index contributed by atoms with van der Waals surface area (Å²) in [7, 11) is -0.0210. The van der Waals surface area contributed by atoms with Crippen molar-refractivity contribution in [3.63, 3.8) is 0 Å². The van der Waals surface area contributed by atoms with Crippen LogP contribution in [0, 0.1) is 11.8 Å². The molecular weight excluding hydrogens is 670 g/mol. The molecule has 1 N–H and O–H groups in total. The normalized spacial score (nSPS) is 29.4. The van der Waals surface area contributed by atoms with E-state index in [1.54, 1.807) is 20.2 Å². The third kappa shape index (κ3) is 6.64. The van der Waals surface area contributed by atoms with Crippen molar-refractivity contribution >= 4 is 50.8 Å². The molecule has 2 amide bonds. The Morgan fingerprint density at radius 2 is 2.10 bits per heavy atom. The van der Waals surface area contributed by atoms with Crippen molar-refractivity contribution < 1.29 is 23.3 Å². The summed E-state index contributed by atoms with van der Waals surface area (Å²) in [6, 6.07) is 11.5. The molecule has 1 fully saturated rings. The molecule has 0 radical (unpaired) electrons. The zero-order valence-corrected chi connectivity index (χ0v) is 29.5. The number of amides is 2. The minimum absolute atomic E-state index is 0.0160. The van der Waals surface area contributed by atoms with Crippen molar-refractivity contribution in [1.29, 1.82) is 0 Å². The highest BCUT2D eigenvalue weighted by molar-refractivity contribution is 8.00. The molecule has 4 aliphatic rings. The van der Waals surface area contributed by atoms with E-state index in [1.165, 1.54) is 28.2 Å². The average Bonchev–Trinajstić information content (AvgIpc) is 3.43. The molecule has 4 heterocycles. The lowest BCUT2D eigenvalue weighted by molar-refractivity contribution is 0.0134. The number of allylic oxidation sites excluding steroid dienone is 1. The zero-order chi connectivity index (χ0) is 33.5. The number of hydrogen-bond donors (Lipinski definition) is 1. The van der Waals surface area contributed by atoms with Crippen LogP contribution in [0.4, 0.5) is 5.69 Å². The number of hydrogen-bond acceptors (Lipinski definition) is 8. The van der Waals surface area contributed by atoms with Gasteiger partial charge in [-0.15, -0.1) is 16.1 Å². The van der Waals surface area contributed by atoms with Crippen LogP contribution >= 0.6 is 23.4 Å². The van der Waals surface area contributed by atoms with Crippen LogP contribution in [0.2, 0.25) is 5.02 Å². The molecule has 3 aliphatic heterocycles. The third-order valence-electron chi connectivity index (χ3n) is 9.95. The Morgan fingerprint density at radius 3 is 2.88 bits per heavy atom. The number of fused-ring (bicyclic) bond motifs is 4. The van der Waals surface area contributed by atoms with Crippen LogP contribution < -0.4 is 14.4 Å². The second-order valence-electron chi connectivity index (χ2n) is 13.1. The number of aromatic nitrogens is 2. The highest BCUT2D eigenvalue weighted by Crippen LogP contribution is 2.49. The maximum absolute atomic E-state index is 14.2. The molecule has 2 bridgehead atoms. The van der Waals surface area contributed by atoms with Gasteiger partial charge in [-0.3, -0.25) is 19.0 Å². The highest BCUT2D eigenvalue weighted by Gasteiger charge is 2.45. The van der Waals surface area contributed by atoms with Crippen molar-refractivity contribution in [2.75, 3.05) is 43.2 Å². The number of halogens is 1. The van der Waals surface area contributed by atoms with Gasteiger partial charge in [0.1, 0.15) is 22.3 Å². The van der Waals surface area contributed by atoms with Crippen LogP contribution in [0.25, 0.3) is 0 Å². The van der Waals surface area contributed by atoms with E-state index in [2.05, 4.69) is 43.4 Å². The van der Waals surface area contributed by atoms with Gasteiger partial charge >= 0.3 is 0 Å². The summed E-state index contributed by atoms with van der Waals surface area (Å²) >= 11 is 8.35. The molecule has 10 nitrogen and oxygen atoms in total. The van der Waals surface area contributed by atoms with Gasteiger partial charge in [-0.1, -0.05) is 29.8 Å². The van der Waals surface area contributed by atoms with Gasteiger partial charge in [-0.05, 0) is 91.2 Å². The van der Waals surface area contributed by atoms with E-state index < -0.39 is 21.7 Å². The molecule has 2 aromatic carbocycles. The van der Waals surface area contributed by atoms with Gasteiger partial charge in [0.05, 0.1) is 34.1 Å². The molecule has 0 unspecified atom stereocenters. The fraction of sp³-hybridized carbons (Fsp3) is 0.457. The largest absolute Gasteiger partial charge is 0.490 e. The van der Waals surface area contributed by atoms with Gasteiger partial charge in [-0.2, -0.15) is 5.10 Å². The Hall–Kier alpha value is -3.32. The molecule has 7 rings (SSSR count). The number of thioether (sulfide) groups is 1. The predicted octanol–water partition coefficient (Wildman–Crippen LogP) is 5.80. The quantitative estimate of drug-likeness (QED) is 0.340. The first-order valence-electron chi connectivity index (χ1n) is 16.4. The first-order valence-corrected chi connectivity index (χ1v) is 19.4. The van der Waals surface area contributed by atoms with E-state index in [1.807, 2.05) is 30.0 Å². The third-order valence-corrected chi connectivity index (χ3v) is 13.4. The van der Waals surface area contributed by atoms with Crippen molar-refractivity contribution in [2.45, 2.75) is 43.0 Å². The molecule has 0 saturated heterocycles. The molecule has 1 aliphatic carbocycles. The first kappa shape index (κ1) is 33.2. The zero-order valence-electron chi connectivity index (χ0n) is 27.1. The maximum atomic E-state index is 14.2. The van der Waals surface area contributed by atoms with E-state index in [-0.39, 0.29) is 27.7 Å². The Bertz CT molecular complexity index is 1890. The van der Waals surface area contributed by atoms with Crippen LogP contribution in [-0.4, -0.2) is 70.2 Å². The number of ether oxygens (including phenoxy) is 2. The summed E-state index contributed by atoms with van der Waals surface area (Å²) < 4.78 is 34.7. The Balaban J connectivity index is 1.29. The smallest absolute Gasteiger partial charge is 0.286 e. The number of carbonyl (C=O) groups excluding carboxylic acids is 2. The van der Waals surface area contributed by atoms with Gasteiger partial charge in [0.2, 0.25) is 0 Å². The van der Waals surface area contributed by atoms with Gasteiger partial charge in [0.15, 0.2) is 0 Å². The lowest BCUT2D eigenvalue weighted by Crippen LogP contribution is -2.48. The van der Waals surface area contributed by atoms with Gasteiger partial charge in [-0.25, -0.2) is 4.21 Å². The van der Waals surface area contributed by atoms with Gasteiger partial charge in [0.25, 0.3) is 11.8 Å². The van der Waals surface area contributed by atoms with Crippen molar-refractivity contribution in [1.82, 2.24) is 14.5 Å². The SMILES string of the molecule is CO[C@H]1/C=C/CCC[S@@](=O)(NC(=O)c2cnn(C)c2)=NC(=O)c2ccc3c(c2)N(C[C@@H]2CC[C@H]21)C[C@]1(CO3)SCCc2cc(Cl)ccc21. The maximum Gasteiger partial charge on any atom is 0.286 e. The second kappa shape index (κ2) is 13.5. The summed E-state index contributed by atoms with van der Waals surface area (Å²) in [6.07, 6.45) is 11.2. The number of nitrogens with one attached hydrogen (secondary N) is 1. The number of carbonyl (C=O) groups is 2. The Labute approximate surface area is 290 Å². The summed E-state index contributed by atoms with van der Waals surface area (Å²) in [4.78, 5) is 29.2. The van der Waals surface area contributed by atoms with Crippen LogP contribution in [0.15, 0.2) is 65.3 Å². The molecule has 48 heavy (non-hydrogen) atoms. The van der Waals surface area contributed by atoms with E-state index in [0.717, 1.165) is 42.3 Å². The van der Waals surface area contributed by atoms with Crippen LogP contribution in [0.1, 0.15) is 57.5 Å². The van der Waals surface area contributed by atoms with Crippen molar-refractivity contribution in [3.8, 4) is 5.75 Å². The highest BCUT2D eigenvalue weighted by atomic mass is 35.5. The van der Waals surface area contributed by atoms with E-state index in [9.17, 15) is 13.8 Å². The minimum Gasteiger partial charge on any atom is -0.490 e. The molecule has 5 atom stereocenters. The number of rotatable bonds is 3. The van der Waals surface area contributed by atoms with Crippen LogP contribution in [-0.2, 0) is 32.9 Å². The second-order valence-corrected chi connectivity index (χ2v) is 17.1. The fourth-order valence-electron chi connectivity index (χ4n) is 7.32. The van der Waals surface area contributed by atoms with Gasteiger partial charge < -0.3 is 14.4 Å². The Morgan fingerprint density at radius 1 is 1.23 bits per heavy atom. The lowest BCUT2D eigenvalue weighted by Gasteiger charge is -2.45. The Kier molecular flexibility index (Phi) is 9.36. The molecule has 3 aromatic rings. The topological polar surface area (TPSA) is 115 Å². The number of aryl methyl sites for hydroxylation is 2. The summed E-state index contributed by atoms with van der Waals surface area (Å²) in [5.41, 5.74) is 3.82. The summed E-state index contributed by atoms with van der Waals surface area (Å²) in [6.45, 7) is 1.93. The van der Waals surface area contributed by atoms with Crippen molar-refractivity contribution in [3.05, 3.63) is 88.2 Å². The monoisotopic (exact) mass is 709 g/mol. The lowest BCUT2D eigenvalue weighted by atomic mass is 9.70. The first-order chi connectivity index (χ1) is 23.1. The molecule has 1 aromatic heterocycles. The molecule has 1 saturated carbocycles. The van der Waals surface area contributed by atoms with E-state index in [4.69, 9.17) is 21.1 Å². The van der Waals surface area contributed by atoms with Crippen LogP contribution in [0.3, 0.4) is 0 Å². The van der Waals surface area contributed by atoms with E-state index >= 15 is 0 Å². The van der Waals surface area contributed by atoms with Crippen molar-refractivity contribution in [2.24, 2.45) is 23.2 Å². The average molecular weight is 710 g/mol. The van der Waals surface area contributed by atoms with Crippen LogP contribution in [0.5, 0.6) is 5.75 Å². The molecular formula is C35H40ClN5O5S2. The van der Waals surface area contributed by atoms with E-state index in [0.29, 0.717) is 43.6 Å². The molecule has 13 heteroatoms. The molecule has 254 valence electrons. The number of methoxy groups -OCH3 is 1. The number of nitrogens with zero attached hydrogens (tertiary/aromatic N) is 4. The fourth-order valence-corrected chi connectivity index (χ4v) is 10.6. The van der Waals surface area contributed by atoms with Gasteiger partial charge in [0, 0.05) is 44.0 Å².